The zero-order valence-electron chi connectivity index (χ0n) is 19.0. The molecule has 1 atom stereocenters. The largest absolute Gasteiger partial charge is 0.507 e. The van der Waals surface area contributed by atoms with Gasteiger partial charge in [0, 0.05) is 24.5 Å². The Balaban J connectivity index is 1.94. The molecule has 174 valence electrons. The summed E-state index contributed by atoms with van der Waals surface area (Å²) in [5, 5.41) is 11.2. The molecule has 2 aromatic carbocycles. The summed E-state index contributed by atoms with van der Waals surface area (Å²) in [5.41, 5.74) is 1.73. The number of hydrogen-bond donors (Lipinski definition) is 1. The van der Waals surface area contributed by atoms with E-state index in [1.165, 1.54) is 26.2 Å². The topological polar surface area (TPSA) is 98.2 Å². The van der Waals surface area contributed by atoms with E-state index < -0.39 is 17.7 Å². The number of carbonyl (C=O) groups is 2. The van der Waals surface area contributed by atoms with Crippen LogP contribution in [0.1, 0.15) is 22.7 Å². The zero-order valence-corrected chi connectivity index (χ0v) is 19.0. The van der Waals surface area contributed by atoms with Gasteiger partial charge in [-0.2, -0.15) is 0 Å². The summed E-state index contributed by atoms with van der Waals surface area (Å²) in [7, 11) is 4.46. The number of hydrogen-bond acceptors (Lipinski definition) is 7. The third-order valence-corrected chi connectivity index (χ3v) is 5.69. The molecule has 1 N–H and O–H groups in total. The number of aliphatic hydroxyl groups is 1. The fraction of sp³-hybridized carbons (Fsp3) is 0.192. The van der Waals surface area contributed by atoms with Crippen molar-refractivity contribution in [3.63, 3.8) is 0 Å². The number of benzene rings is 2. The Bertz CT molecular complexity index is 1220. The lowest BCUT2D eigenvalue weighted by Gasteiger charge is -2.26. The van der Waals surface area contributed by atoms with E-state index in [1.807, 2.05) is 0 Å². The molecule has 1 saturated heterocycles. The molecule has 2 heterocycles. The highest BCUT2D eigenvalue weighted by Crippen LogP contribution is 2.46. The van der Waals surface area contributed by atoms with Gasteiger partial charge in [0.1, 0.15) is 5.76 Å². The van der Waals surface area contributed by atoms with Gasteiger partial charge in [0.25, 0.3) is 11.7 Å². The Morgan fingerprint density at radius 2 is 1.56 bits per heavy atom. The first-order valence-corrected chi connectivity index (χ1v) is 10.5. The summed E-state index contributed by atoms with van der Waals surface area (Å²) in [6.45, 7) is 0.139. The van der Waals surface area contributed by atoms with Crippen molar-refractivity contribution in [2.24, 2.45) is 0 Å². The molecular weight excluding hydrogens is 436 g/mol. The highest BCUT2D eigenvalue weighted by atomic mass is 16.5. The maximum Gasteiger partial charge on any atom is 0.295 e. The second-order valence-electron chi connectivity index (χ2n) is 7.61. The van der Waals surface area contributed by atoms with Gasteiger partial charge in [-0.25, -0.2) is 0 Å². The SMILES string of the molecule is COc1cc(C2/C(=C(\O)c3ccccc3)C(=O)C(=O)N2Cc2ccncc2)cc(OC)c1OC. The molecule has 8 heteroatoms. The van der Waals surface area contributed by atoms with E-state index in [4.69, 9.17) is 14.2 Å². The van der Waals surface area contributed by atoms with Crippen molar-refractivity contribution in [3.8, 4) is 17.2 Å². The molecule has 1 unspecified atom stereocenters. The van der Waals surface area contributed by atoms with Gasteiger partial charge in [-0.05, 0) is 35.4 Å². The van der Waals surface area contributed by atoms with Crippen molar-refractivity contribution in [1.29, 1.82) is 0 Å². The minimum atomic E-state index is -0.887. The number of nitrogens with zero attached hydrogens (tertiary/aromatic N) is 2. The minimum Gasteiger partial charge on any atom is -0.507 e. The van der Waals surface area contributed by atoms with Crippen LogP contribution in [0.5, 0.6) is 17.2 Å². The number of Topliss-reactive ketones (excluding diaryl/α,β-unsaturated/α-hetero) is 1. The molecule has 0 saturated carbocycles. The summed E-state index contributed by atoms with van der Waals surface area (Å²) >= 11 is 0. The molecule has 0 bridgehead atoms. The zero-order chi connectivity index (χ0) is 24.2. The first kappa shape index (κ1) is 22.8. The average molecular weight is 460 g/mol. The summed E-state index contributed by atoms with van der Waals surface area (Å²) in [4.78, 5) is 31.9. The van der Waals surface area contributed by atoms with Crippen LogP contribution in [0.2, 0.25) is 0 Å². The smallest absolute Gasteiger partial charge is 0.295 e. The van der Waals surface area contributed by atoms with Crippen molar-refractivity contribution < 1.29 is 28.9 Å². The van der Waals surface area contributed by atoms with E-state index in [0.717, 1.165) is 5.56 Å². The molecule has 3 aromatic rings. The summed E-state index contributed by atoms with van der Waals surface area (Å²) in [6, 6.07) is 14.7. The standard InChI is InChI=1S/C26H24N2O6/c1-32-19-13-18(14-20(33-2)25(19)34-3)22-21(23(29)17-7-5-4-6-8-17)24(30)26(31)28(22)15-16-9-11-27-12-10-16/h4-14,22,29H,15H2,1-3H3/b23-21+. The van der Waals surface area contributed by atoms with Crippen molar-refractivity contribution in [2.45, 2.75) is 12.6 Å². The van der Waals surface area contributed by atoms with E-state index in [9.17, 15) is 14.7 Å². The van der Waals surface area contributed by atoms with Crippen LogP contribution < -0.4 is 14.2 Å². The van der Waals surface area contributed by atoms with Gasteiger partial charge in [0.15, 0.2) is 11.5 Å². The predicted molar refractivity (Wildman–Crippen MR) is 125 cm³/mol. The van der Waals surface area contributed by atoms with Crippen molar-refractivity contribution in [3.05, 3.63) is 89.3 Å². The van der Waals surface area contributed by atoms with Crippen molar-refractivity contribution in [1.82, 2.24) is 9.88 Å². The third-order valence-electron chi connectivity index (χ3n) is 5.69. The van der Waals surface area contributed by atoms with E-state index >= 15 is 0 Å². The molecule has 1 aromatic heterocycles. The molecule has 1 aliphatic heterocycles. The maximum atomic E-state index is 13.2. The van der Waals surface area contributed by atoms with Crippen LogP contribution in [0, 0.1) is 0 Å². The minimum absolute atomic E-state index is 0.0143. The van der Waals surface area contributed by atoms with E-state index in [1.54, 1.807) is 67.0 Å². The number of methoxy groups -OCH3 is 3. The molecule has 1 amide bonds. The average Bonchev–Trinajstić information content (AvgIpc) is 3.13. The Hall–Kier alpha value is -4.33. The van der Waals surface area contributed by atoms with Crippen LogP contribution in [-0.2, 0) is 16.1 Å². The number of likely N-dealkylation sites (tertiary alicyclic amines) is 1. The lowest BCUT2D eigenvalue weighted by atomic mass is 9.94. The highest BCUT2D eigenvalue weighted by Gasteiger charge is 2.46. The molecule has 0 radical (unpaired) electrons. The lowest BCUT2D eigenvalue weighted by Crippen LogP contribution is -2.29. The predicted octanol–water partition coefficient (Wildman–Crippen LogP) is 3.73. The molecule has 1 fully saturated rings. The Labute approximate surface area is 197 Å². The van der Waals surface area contributed by atoms with E-state index in [-0.39, 0.29) is 17.9 Å². The molecule has 0 spiro atoms. The van der Waals surface area contributed by atoms with Gasteiger partial charge >= 0.3 is 0 Å². The fourth-order valence-electron chi connectivity index (χ4n) is 4.09. The summed E-state index contributed by atoms with van der Waals surface area (Å²) in [6.07, 6.45) is 3.23. The number of pyridine rings is 1. The Morgan fingerprint density at radius 3 is 2.12 bits per heavy atom. The van der Waals surface area contributed by atoms with Gasteiger partial charge < -0.3 is 24.2 Å². The third kappa shape index (κ3) is 4.05. The Morgan fingerprint density at radius 1 is 0.941 bits per heavy atom. The number of carbonyl (C=O) groups excluding carboxylic acids is 2. The van der Waals surface area contributed by atoms with E-state index in [0.29, 0.717) is 28.4 Å². The van der Waals surface area contributed by atoms with Crippen LogP contribution in [0.25, 0.3) is 5.76 Å². The normalized spacial score (nSPS) is 17.0. The van der Waals surface area contributed by atoms with Gasteiger partial charge in [-0.15, -0.1) is 0 Å². The second kappa shape index (κ2) is 9.66. The first-order chi connectivity index (χ1) is 16.5. The quantitative estimate of drug-likeness (QED) is 0.326. The van der Waals surface area contributed by atoms with Gasteiger partial charge in [0.05, 0.1) is 32.9 Å². The number of aliphatic hydroxyl groups excluding tert-OH is 1. The van der Waals surface area contributed by atoms with Gasteiger partial charge in [-0.3, -0.25) is 14.6 Å². The molecule has 0 aliphatic carbocycles. The fourth-order valence-corrected chi connectivity index (χ4v) is 4.09. The van der Waals surface area contributed by atoms with Crippen molar-refractivity contribution in [2.75, 3.05) is 21.3 Å². The molecule has 1 aliphatic rings. The summed E-state index contributed by atoms with van der Waals surface area (Å²) < 4.78 is 16.4. The highest BCUT2D eigenvalue weighted by molar-refractivity contribution is 6.46. The number of aromatic nitrogens is 1. The van der Waals surface area contributed by atoms with Crippen LogP contribution in [0.3, 0.4) is 0 Å². The number of ether oxygens (including phenoxy) is 3. The molecule has 8 nitrogen and oxygen atoms in total. The monoisotopic (exact) mass is 460 g/mol. The first-order valence-electron chi connectivity index (χ1n) is 10.5. The number of rotatable bonds is 7. The number of ketones is 1. The van der Waals surface area contributed by atoms with Gasteiger partial charge in [-0.1, -0.05) is 30.3 Å². The number of amides is 1. The molecular formula is C26H24N2O6. The van der Waals surface area contributed by atoms with Crippen LogP contribution in [0.15, 0.2) is 72.6 Å². The van der Waals surface area contributed by atoms with Crippen molar-refractivity contribution >= 4 is 17.4 Å². The van der Waals surface area contributed by atoms with Crippen LogP contribution in [-0.4, -0.2) is 48.0 Å². The molecule has 34 heavy (non-hydrogen) atoms. The Kier molecular flexibility index (Phi) is 6.49. The van der Waals surface area contributed by atoms with Crippen LogP contribution in [0.4, 0.5) is 0 Å². The van der Waals surface area contributed by atoms with E-state index in [2.05, 4.69) is 4.98 Å². The molecule has 4 rings (SSSR count). The van der Waals surface area contributed by atoms with Gasteiger partial charge in [0.2, 0.25) is 5.75 Å². The second-order valence-corrected chi connectivity index (χ2v) is 7.61. The van der Waals surface area contributed by atoms with Crippen LogP contribution >= 0.6 is 0 Å². The maximum absolute atomic E-state index is 13.2. The summed E-state index contributed by atoms with van der Waals surface area (Å²) in [5.74, 6) is -0.628. The lowest BCUT2D eigenvalue weighted by molar-refractivity contribution is -0.140.